The number of hydrogen-bond acceptors (Lipinski definition) is 9. The smallest absolute Gasteiger partial charge is 0.462 e. The molecule has 0 bridgehead atoms. The fourth-order valence-electron chi connectivity index (χ4n) is 3.70. The SMILES string of the molecule is CCCCCCCCCCC(=O)OC(COC(=O)CCCCCCCCC)COP(=O)(O)OCC(O)CO. The van der Waals surface area contributed by atoms with Crippen LogP contribution in [0.25, 0.3) is 0 Å². The molecule has 0 aromatic heterocycles. The van der Waals surface area contributed by atoms with Crippen molar-refractivity contribution >= 4 is 19.8 Å². The van der Waals surface area contributed by atoms with E-state index in [2.05, 4.69) is 18.4 Å². The summed E-state index contributed by atoms with van der Waals surface area (Å²) in [4.78, 5) is 34.2. The fraction of sp³-hybridized carbons (Fsp3) is 0.926. The summed E-state index contributed by atoms with van der Waals surface area (Å²) in [6.45, 7) is 2.24. The quantitative estimate of drug-likeness (QED) is 0.0649. The second-order valence-corrected chi connectivity index (χ2v) is 11.2. The van der Waals surface area contributed by atoms with Crippen LogP contribution in [0, 0.1) is 0 Å². The van der Waals surface area contributed by atoms with Gasteiger partial charge in [-0.1, -0.05) is 97.3 Å². The van der Waals surface area contributed by atoms with Gasteiger partial charge in [0.2, 0.25) is 0 Å². The molecule has 0 radical (unpaired) electrons. The molecule has 0 amide bonds. The number of carbonyl (C=O) groups is 2. The average molecular weight is 569 g/mol. The number of esters is 2. The van der Waals surface area contributed by atoms with Gasteiger partial charge in [0, 0.05) is 12.8 Å². The topological polar surface area (TPSA) is 149 Å². The lowest BCUT2D eigenvalue weighted by molar-refractivity contribution is -0.161. The van der Waals surface area contributed by atoms with Gasteiger partial charge in [0.15, 0.2) is 6.10 Å². The summed E-state index contributed by atoms with van der Waals surface area (Å²) >= 11 is 0. The molecule has 0 saturated heterocycles. The van der Waals surface area contributed by atoms with Crippen molar-refractivity contribution in [1.29, 1.82) is 0 Å². The Morgan fingerprint density at radius 1 is 0.684 bits per heavy atom. The Balaban J connectivity index is 4.52. The zero-order valence-electron chi connectivity index (χ0n) is 23.7. The molecule has 0 aromatic carbocycles. The number of ether oxygens (including phenoxy) is 2. The number of rotatable bonds is 27. The van der Waals surface area contributed by atoms with Crippen LogP contribution in [0.1, 0.15) is 123 Å². The lowest BCUT2D eigenvalue weighted by atomic mass is 10.1. The standard InChI is InChI=1S/C27H53O10P/c1-3-5-7-9-11-13-15-17-19-27(31)37-25(23-36-38(32,33)35-21-24(29)20-28)22-34-26(30)18-16-14-12-10-8-6-4-2/h24-25,28-29H,3-23H2,1-2H3,(H,32,33). The summed E-state index contributed by atoms with van der Waals surface area (Å²) in [5, 5.41) is 18.1. The van der Waals surface area contributed by atoms with Crippen LogP contribution in [0.2, 0.25) is 0 Å². The Morgan fingerprint density at radius 2 is 1.13 bits per heavy atom. The van der Waals surface area contributed by atoms with Crippen LogP contribution in [0.4, 0.5) is 0 Å². The van der Waals surface area contributed by atoms with Gasteiger partial charge in [0.25, 0.3) is 0 Å². The van der Waals surface area contributed by atoms with E-state index in [1.807, 2.05) is 0 Å². The van der Waals surface area contributed by atoms with Crippen LogP contribution in [0.15, 0.2) is 0 Å². The third-order valence-electron chi connectivity index (χ3n) is 6.01. The van der Waals surface area contributed by atoms with Crippen LogP contribution >= 0.6 is 7.82 Å². The van der Waals surface area contributed by atoms with Gasteiger partial charge in [-0.15, -0.1) is 0 Å². The van der Waals surface area contributed by atoms with Gasteiger partial charge in [-0.2, -0.15) is 0 Å². The van der Waals surface area contributed by atoms with Crippen LogP contribution < -0.4 is 0 Å². The zero-order chi connectivity index (χ0) is 28.5. The molecule has 0 heterocycles. The Bertz CT molecular complexity index is 631. The minimum atomic E-state index is -4.58. The van der Waals surface area contributed by atoms with E-state index in [1.54, 1.807) is 0 Å². The van der Waals surface area contributed by atoms with Crippen molar-refractivity contribution in [2.24, 2.45) is 0 Å². The average Bonchev–Trinajstić information content (AvgIpc) is 2.89. The van der Waals surface area contributed by atoms with E-state index in [4.69, 9.17) is 19.1 Å². The summed E-state index contributed by atoms with van der Waals surface area (Å²) in [6, 6.07) is 0. The molecule has 0 aliphatic heterocycles. The number of aliphatic hydroxyl groups is 2. The van der Waals surface area contributed by atoms with Gasteiger partial charge in [0.1, 0.15) is 12.7 Å². The monoisotopic (exact) mass is 568 g/mol. The van der Waals surface area contributed by atoms with Crippen LogP contribution in [0.3, 0.4) is 0 Å². The first-order valence-electron chi connectivity index (χ1n) is 14.5. The molecule has 226 valence electrons. The van der Waals surface area contributed by atoms with Gasteiger partial charge < -0.3 is 24.6 Å². The summed E-state index contributed by atoms with van der Waals surface area (Å²) < 4.78 is 32.1. The molecule has 0 rings (SSSR count). The van der Waals surface area contributed by atoms with Crippen molar-refractivity contribution in [3.05, 3.63) is 0 Å². The highest BCUT2D eigenvalue weighted by Gasteiger charge is 2.27. The van der Waals surface area contributed by atoms with Crippen molar-refractivity contribution < 1.29 is 47.8 Å². The molecule has 3 atom stereocenters. The van der Waals surface area contributed by atoms with Gasteiger partial charge >= 0.3 is 19.8 Å². The van der Waals surface area contributed by atoms with E-state index in [-0.39, 0.29) is 19.4 Å². The first kappa shape index (κ1) is 37.0. The van der Waals surface area contributed by atoms with Crippen molar-refractivity contribution in [2.75, 3.05) is 26.4 Å². The molecule has 3 N–H and O–H groups in total. The summed E-state index contributed by atoms with van der Waals surface area (Å²) in [5.41, 5.74) is 0. The Morgan fingerprint density at radius 3 is 1.63 bits per heavy atom. The molecule has 38 heavy (non-hydrogen) atoms. The molecule has 0 aliphatic rings. The maximum atomic E-state index is 12.3. The number of phosphoric acid groups is 1. The number of phosphoric ester groups is 1. The first-order valence-corrected chi connectivity index (χ1v) is 16.0. The Labute approximate surface area is 229 Å². The van der Waals surface area contributed by atoms with Crippen LogP contribution in [-0.4, -0.2) is 65.7 Å². The van der Waals surface area contributed by atoms with Crippen LogP contribution in [0.5, 0.6) is 0 Å². The van der Waals surface area contributed by atoms with Gasteiger partial charge in [-0.05, 0) is 12.8 Å². The number of aliphatic hydroxyl groups excluding tert-OH is 2. The largest absolute Gasteiger partial charge is 0.472 e. The highest BCUT2D eigenvalue weighted by atomic mass is 31.2. The zero-order valence-corrected chi connectivity index (χ0v) is 24.5. The van der Waals surface area contributed by atoms with Gasteiger partial charge in [-0.3, -0.25) is 18.6 Å². The third kappa shape index (κ3) is 24.0. The van der Waals surface area contributed by atoms with E-state index < -0.39 is 51.8 Å². The molecule has 0 spiro atoms. The predicted octanol–water partition coefficient (Wildman–Crippen LogP) is 5.60. The van der Waals surface area contributed by atoms with Gasteiger partial charge in [-0.25, -0.2) is 4.57 Å². The van der Waals surface area contributed by atoms with E-state index in [9.17, 15) is 24.2 Å². The Hall–Kier alpha value is -1.03. The maximum Gasteiger partial charge on any atom is 0.472 e. The van der Waals surface area contributed by atoms with E-state index in [1.165, 1.54) is 44.9 Å². The van der Waals surface area contributed by atoms with Crippen molar-refractivity contribution in [3.8, 4) is 0 Å². The summed E-state index contributed by atoms with van der Waals surface area (Å²) in [7, 11) is -4.58. The van der Waals surface area contributed by atoms with E-state index >= 15 is 0 Å². The lowest BCUT2D eigenvalue weighted by Gasteiger charge is -2.20. The van der Waals surface area contributed by atoms with Crippen molar-refractivity contribution in [3.63, 3.8) is 0 Å². The van der Waals surface area contributed by atoms with Crippen molar-refractivity contribution in [2.45, 2.75) is 135 Å². The van der Waals surface area contributed by atoms with E-state index in [0.29, 0.717) is 12.8 Å². The normalized spacial score (nSPS) is 14.6. The molecular formula is C27H53O10P. The molecule has 0 saturated carbocycles. The molecular weight excluding hydrogens is 515 g/mol. The number of unbranched alkanes of at least 4 members (excludes halogenated alkanes) is 13. The predicted molar refractivity (Wildman–Crippen MR) is 145 cm³/mol. The molecule has 0 aromatic rings. The second-order valence-electron chi connectivity index (χ2n) is 9.79. The second kappa shape index (κ2) is 25.0. The number of hydrogen-bond donors (Lipinski definition) is 3. The summed E-state index contributed by atoms with van der Waals surface area (Å²) in [6.07, 6.45) is 14.1. The van der Waals surface area contributed by atoms with Gasteiger partial charge in [0.05, 0.1) is 19.8 Å². The summed E-state index contributed by atoms with van der Waals surface area (Å²) in [5.74, 6) is -0.936. The minimum absolute atomic E-state index is 0.188. The molecule has 3 unspecified atom stereocenters. The fourth-order valence-corrected chi connectivity index (χ4v) is 4.49. The molecule has 0 aliphatic carbocycles. The molecule has 11 heteroatoms. The third-order valence-corrected chi connectivity index (χ3v) is 6.96. The number of carbonyl (C=O) groups excluding carboxylic acids is 2. The molecule has 10 nitrogen and oxygen atoms in total. The first-order chi connectivity index (χ1) is 18.2. The Kier molecular flexibility index (Phi) is 24.3. The highest BCUT2D eigenvalue weighted by Crippen LogP contribution is 2.43. The van der Waals surface area contributed by atoms with Crippen molar-refractivity contribution in [1.82, 2.24) is 0 Å². The lowest BCUT2D eigenvalue weighted by Crippen LogP contribution is -2.29. The van der Waals surface area contributed by atoms with E-state index in [0.717, 1.165) is 38.5 Å². The van der Waals surface area contributed by atoms with Crippen LogP contribution in [-0.2, 0) is 32.7 Å². The molecule has 0 fully saturated rings. The minimum Gasteiger partial charge on any atom is -0.462 e. The maximum absolute atomic E-state index is 12.3. The highest BCUT2D eigenvalue weighted by molar-refractivity contribution is 7.47.